The number of nitrogens with two attached hydrogens (primary N) is 1. The Morgan fingerprint density at radius 3 is 2.44 bits per heavy atom. The number of amides is 1. The Balaban J connectivity index is 4.12. The maximum Gasteiger partial charge on any atom is 0.326 e. The third kappa shape index (κ3) is 5.67. The van der Waals surface area contributed by atoms with Crippen molar-refractivity contribution in [3.05, 3.63) is 0 Å². The van der Waals surface area contributed by atoms with E-state index in [1.807, 2.05) is 6.92 Å². The van der Waals surface area contributed by atoms with Crippen LogP contribution < -0.4 is 11.1 Å². The molecule has 16 heavy (non-hydrogen) atoms. The van der Waals surface area contributed by atoms with Gasteiger partial charge in [-0.2, -0.15) is 0 Å². The lowest BCUT2D eigenvalue weighted by Crippen LogP contribution is -2.48. The lowest BCUT2D eigenvalue weighted by Gasteiger charge is -2.16. The topological polar surface area (TPSA) is 113 Å². The quantitative estimate of drug-likeness (QED) is 0.449. The largest absolute Gasteiger partial charge is 0.480 e. The van der Waals surface area contributed by atoms with Crippen molar-refractivity contribution in [1.29, 1.82) is 0 Å². The van der Waals surface area contributed by atoms with Crippen LogP contribution in [-0.2, 0) is 9.59 Å². The van der Waals surface area contributed by atoms with E-state index in [0.29, 0.717) is 6.42 Å². The highest BCUT2D eigenvalue weighted by Gasteiger charge is 2.22. The number of carboxylic acid groups (broad SMARTS) is 1. The molecular weight excluding hydrogens is 212 g/mol. The molecule has 2 atom stereocenters. The number of carbonyl (C=O) groups excluding carboxylic acids is 1. The summed E-state index contributed by atoms with van der Waals surface area (Å²) in [6.07, 6.45) is 2.28. The Bertz CT molecular complexity index is 233. The second kappa shape index (κ2) is 8.06. The highest BCUT2D eigenvalue weighted by molar-refractivity contribution is 5.86. The summed E-state index contributed by atoms with van der Waals surface area (Å²) in [4.78, 5) is 22.2. The van der Waals surface area contributed by atoms with E-state index in [4.69, 9.17) is 15.9 Å². The van der Waals surface area contributed by atoms with E-state index in [1.165, 1.54) is 0 Å². The van der Waals surface area contributed by atoms with Crippen LogP contribution in [-0.4, -0.2) is 40.8 Å². The number of unbranched alkanes of at least 4 members (excludes halogenated alkanes) is 1. The molecule has 0 aromatic carbocycles. The number of hydrogen-bond acceptors (Lipinski definition) is 4. The number of hydrogen-bond donors (Lipinski definition) is 4. The zero-order chi connectivity index (χ0) is 12.6. The van der Waals surface area contributed by atoms with E-state index in [9.17, 15) is 9.59 Å². The predicted molar refractivity (Wildman–Crippen MR) is 58.8 cm³/mol. The zero-order valence-electron chi connectivity index (χ0n) is 9.48. The third-order valence-corrected chi connectivity index (χ3v) is 2.24. The van der Waals surface area contributed by atoms with Crippen molar-refractivity contribution in [3.8, 4) is 0 Å². The van der Waals surface area contributed by atoms with Crippen LogP contribution >= 0.6 is 0 Å². The molecule has 0 aromatic rings. The van der Waals surface area contributed by atoms with Crippen molar-refractivity contribution >= 4 is 11.9 Å². The molecule has 1 amide bonds. The molecule has 0 bridgehead atoms. The molecule has 0 spiro atoms. The molecule has 0 saturated carbocycles. The maximum absolute atomic E-state index is 11.5. The minimum absolute atomic E-state index is 0.0123. The second-order valence-electron chi connectivity index (χ2n) is 3.66. The molecule has 0 aliphatic heterocycles. The average Bonchev–Trinajstić information content (AvgIpc) is 2.24. The summed E-state index contributed by atoms with van der Waals surface area (Å²) in [5.41, 5.74) is 5.58. The normalized spacial score (nSPS) is 14.2. The van der Waals surface area contributed by atoms with Crippen molar-refractivity contribution in [3.63, 3.8) is 0 Å². The Labute approximate surface area is 94.8 Å². The first kappa shape index (κ1) is 14.9. The van der Waals surface area contributed by atoms with Gasteiger partial charge in [0, 0.05) is 13.0 Å². The number of carboxylic acids is 1. The van der Waals surface area contributed by atoms with Gasteiger partial charge in [0.05, 0.1) is 6.04 Å². The molecule has 0 aliphatic rings. The molecule has 5 N–H and O–H groups in total. The molecule has 1 unspecified atom stereocenters. The number of nitrogens with one attached hydrogen (secondary N) is 1. The first-order valence-electron chi connectivity index (χ1n) is 5.42. The van der Waals surface area contributed by atoms with Gasteiger partial charge in [-0.3, -0.25) is 4.79 Å². The van der Waals surface area contributed by atoms with Gasteiger partial charge in [0.25, 0.3) is 0 Å². The van der Waals surface area contributed by atoms with Gasteiger partial charge in [0.15, 0.2) is 0 Å². The average molecular weight is 232 g/mol. The lowest BCUT2D eigenvalue weighted by atomic mass is 10.1. The fourth-order valence-corrected chi connectivity index (χ4v) is 1.22. The third-order valence-electron chi connectivity index (χ3n) is 2.24. The Hall–Kier alpha value is -1.14. The summed E-state index contributed by atoms with van der Waals surface area (Å²) in [5.74, 6) is -1.64. The van der Waals surface area contributed by atoms with Crippen LogP contribution in [0.2, 0.25) is 0 Å². The van der Waals surface area contributed by atoms with Crippen LogP contribution in [0.1, 0.15) is 32.6 Å². The number of aliphatic carboxylic acids is 1. The first-order valence-corrected chi connectivity index (χ1v) is 5.42. The van der Waals surface area contributed by atoms with Gasteiger partial charge in [0.2, 0.25) is 5.91 Å². The minimum Gasteiger partial charge on any atom is -0.480 e. The SMILES string of the molecule is CCCCC(N)C(=O)N[C@@H](CCO)C(=O)O. The monoisotopic (exact) mass is 232 g/mol. The van der Waals surface area contributed by atoms with Crippen LogP contribution in [0.4, 0.5) is 0 Å². The molecule has 0 rings (SSSR count). The van der Waals surface area contributed by atoms with Crippen molar-refractivity contribution in [2.45, 2.75) is 44.7 Å². The Kier molecular flexibility index (Phi) is 7.49. The predicted octanol–water partition coefficient (Wildman–Crippen LogP) is -0.544. The van der Waals surface area contributed by atoms with E-state index in [2.05, 4.69) is 5.32 Å². The fraction of sp³-hybridized carbons (Fsp3) is 0.800. The van der Waals surface area contributed by atoms with E-state index in [0.717, 1.165) is 12.8 Å². The zero-order valence-corrected chi connectivity index (χ0v) is 9.48. The van der Waals surface area contributed by atoms with Gasteiger partial charge in [-0.1, -0.05) is 19.8 Å². The molecule has 0 fully saturated rings. The molecule has 6 nitrogen and oxygen atoms in total. The Morgan fingerprint density at radius 1 is 1.38 bits per heavy atom. The first-order chi connectivity index (χ1) is 7.52. The van der Waals surface area contributed by atoms with Gasteiger partial charge < -0.3 is 21.3 Å². The van der Waals surface area contributed by atoms with E-state index < -0.39 is 24.0 Å². The van der Waals surface area contributed by atoms with Gasteiger partial charge in [0.1, 0.15) is 6.04 Å². The number of rotatable bonds is 8. The smallest absolute Gasteiger partial charge is 0.326 e. The fourth-order valence-electron chi connectivity index (χ4n) is 1.22. The number of aliphatic hydroxyl groups is 1. The van der Waals surface area contributed by atoms with Crippen molar-refractivity contribution in [2.24, 2.45) is 5.73 Å². The standard InChI is InChI=1S/C10H20N2O4/c1-2-3-4-7(11)9(14)12-8(5-6-13)10(15)16/h7-8,13H,2-6,11H2,1H3,(H,12,14)(H,15,16)/t7?,8-/m0/s1. The van der Waals surface area contributed by atoms with Crippen molar-refractivity contribution in [2.75, 3.05) is 6.61 Å². The second-order valence-corrected chi connectivity index (χ2v) is 3.66. The summed E-state index contributed by atoms with van der Waals surface area (Å²) < 4.78 is 0. The van der Waals surface area contributed by atoms with Crippen LogP contribution in [0.25, 0.3) is 0 Å². The van der Waals surface area contributed by atoms with Gasteiger partial charge in [-0.25, -0.2) is 4.79 Å². The molecule has 94 valence electrons. The number of carbonyl (C=O) groups is 2. The van der Waals surface area contributed by atoms with Crippen molar-refractivity contribution < 1.29 is 19.8 Å². The minimum atomic E-state index is -1.16. The van der Waals surface area contributed by atoms with E-state index in [1.54, 1.807) is 0 Å². The highest BCUT2D eigenvalue weighted by Crippen LogP contribution is 2.00. The van der Waals surface area contributed by atoms with E-state index in [-0.39, 0.29) is 13.0 Å². The number of aliphatic hydroxyl groups excluding tert-OH is 1. The molecular formula is C10H20N2O4. The molecule has 0 heterocycles. The van der Waals surface area contributed by atoms with Crippen LogP contribution in [0.15, 0.2) is 0 Å². The van der Waals surface area contributed by atoms with Crippen molar-refractivity contribution in [1.82, 2.24) is 5.32 Å². The molecule has 0 aliphatic carbocycles. The molecule has 6 heteroatoms. The van der Waals surface area contributed by atoms with Gasteiger partial charge in [-0.15, -0.1) is 0 Å². The van der Waals surface area contributed by atoms with Gasteiger partial charge in [-0.05, 0) is 6.42 Å². The summed E-state index contributed by atoms with van der Waals surface area (Å²) in [7, 11) is 0. The highest BCUT2D eigenvalue weighted by atomic mass is 16.4. The summed E-state index contributed by atoms with van der Waals surface area (Å²) in [6, 6.07) is -1.74. The van der Waals surface area contributed by atoms with E-state index >= 15 is 0 Å². The van der Waals surface area contributed by atoms with Crippen LogP contribution in [0, 0.1) is 0 Å². The van der Waals surface area contributed by atoms with Crippen LogP contribution in [0.5, 0.6) is 0 Å². The lowest BCUT2D eigenvalue weighted by molar-refractivity contribution is -0.142. The summed E-state index contributed by atoms with van der Waals surface area (Å²) in [5, 5.41) is 19.7. The molecule has 0 radical (unpaired) electrons. The van der Waals surface area contributed by atoms with Crippen LogP contribution in [0.3, 0.4) is 0 Å². The molecule has 0 saturated heterocycles. The summed E-state index contributed by atoms with van der Waals surface area (Å²) in [6.45, 7) is 1.69. The summed E-state index contributed by atoms with van der Waals surface area (Å²) >= 11 is 0. The molecule has 0 aromatic heterocycles. The maximum atomic E-state index is 11.5. The Morgan fingerprint density at radius 2 is 2.00 bits per heavy atom. The van der Waals surface area contributed by atoms with Gasteiger partial charge >= 0.3 is 5.97 Å².